The van der Waals surface area contributed by atoms with E-state index in [1.54, 1.807) is 0 Å². The molecule has 0 amide bonds. The molecule has 0 aliphatic rings. The largest absolute Gasteiger partial charge is 0.238 e. The highest BCUT2D eigenvalue weighted by atomic mass is 19.3. The lowest BCUT2D eigenvalue weighted by Gasteiger charge is -2.15. The molecule has 22 heavy (non-hydrogen) atoms. The summed E-state index contributed by atoms with van der Waals surface area (Å²) in [4.78, 5) is 0. The molecule has 124 valence electrons. The number of alkyl halides is 2. The van der Waals surface area contributed by atoms with Gasteiger partial charge in [-0.15, -0.1) is 0 Å². The number of allylic oxidation sites excluding steroid dienone is 1. The maximum Gasteiger partial charge on any atom is 0.238 e. The van der Waals surface area contributed by atoms with E-state index in [0.29, 0.717) is 12.3 Å². The summed E-state index contributed by atoms with van der Waals surface area (Å²) in [5.41, 5.74) is 4.12. The van der Waals surface area contributed by atoms with E-state index >= 15 is 0 Å². The van der Waals surface area contributed by atoms with Gasteiger partial charge in [-0.05, 0) is 55.2 Å². The van der Waals surface area contributed by atoms with Crippen LogP contribution in [0.25, 0.3) is 6.08 Å². The molecule has 1 aromatic rings. The lowest BCUT2D eigenvalue weighted by Crippen LogP contribution is -2.02. The first kappa shape index (κ1) is 18.9. The molecule has 0 bridgehead atoms. The Bertz CT molecular complexity index is 449. The van der Waals surface area contributed by atoms with Gasteiger partial charge in [0.05, 0.1) is 0 Å². The second-order valence-corrected chi connectivity index (χ2v) is 6.20. The topological polar surface area (TPSA) is 0 Å². The Morgan fingerprint density at radius 1 is 1.09 bits per heavy atom. The van der Waals surface area contributed by atoms with Gasteiger partial charge in [0.15, 0.2) is 0 Å². The molecule has 0 radical (unpaired) electrons. The van der Waals surface area contributed by atoms with E-state index < -0.39 is 6.43 Å². The summed E-state index contributed by atoms with van der Waals surface area (Å²) in [6.45, 7) is 6.57. The molecular formula is C20H30F2. The van der Waals surface area contributed by atoms with Gasteiger partial charge in [-0.3, -0.25) is 0 Å². The fraction of sp³-hybridized carbons (Fsp3) is 0.600. The molecule has 0 aliphatic carbocycles. The standard InChI is InChI=1S/C20H30F2/c1-4-10-19-17(11-7-6-8-14-20(21)22)12-9-13-18(19)15-16(3)5-2/h4,9-10,12-13,16,20H,5-8,11,14-15H2,1-3H3/b10-4-. The van der Waals surface area contributed by atoms with Crippen molar-refractivity contribution in [1.29, 1.82) is 0 Å². The van der Waals surface area contributed by atoms with E-state index in [-0.39, 0.29) is 6.42 Å². The van der Waals surface area contributed by atoms with Crippen molar-refractivity contribution >= 4 is 6.08 Å². The molecule has 0 nitrogen and oxygen atoms in total. The second-order valence-electron chi connectivity index (χ2n) is 6.20. The maximum atomic E-state index is 12.1. The smallest absolute Gasteiger partial charge is 0.211 e. The Balaban J connectivity index is 2.70. The third-order valence-electron chi connectivity index (χ3n) is 4.25. The zero-order valence-electron chi connectivity index (χ0n) is 14.2. The number of benzene rings is 1. The lowest BCUT2D eigenvalue weighted by molar-refractivity contribution is 0.134. The molecule has 0 fully saturated rings. The quantitative estimate of drug-likeness (QED) is 0.423. The summed E-state index contributed by atoms with van der Waals surface area (Å²) < 4.78 is 24.3. The molecule has 1 unspecified atom stereocenters. The summed E-state index contributed by atoms with van der Waals surface area (Å²) in [5.74, 6) is 0.685. The highest BCUT2D eigenvalue weighted by Gasteiger charge is 2.09. The second kappa shape index (κ2) is 10.5. The lowest BCUT2D eigenvalue weighted by atomic mass is 9.90. The van der Waals surface area contributed by atoms with E-state index in [1.807, 2.05) is 6.92 Å². The van der Waals surface area contributed by atoms with Crippen LogP contribution in [0.5, 0.6) is 0 Å². The first-order valence-electron chi connectivity index (χ1n) is 8.60. The average molecular weight is 308 g/mol. The third kappa shape index (κ3) is 6.72. The van der Waals surface area contributed by atoms with Crippen molar-refractivity contribution in [3.63, 3.8) is 0 Å². The molecule has 0 saturated heterocycles. The molecule has 1 aromatic carbocycles. The molecule has 2 heteroatoms. The predicted octanol–water partition coefficient (Wildman–Crippen LogP) is 6.68. The molecule has 0 saturated carbocycles. The first-order valence-corrected chi connectivity index (χ1v) is 8.60. The zero-order chi connectivity index (χ0) is 16.4. The van der Waals surface area contributed by atoms with Gasteiger partial charge in [0, 0.05) is 6.42 Å². The van der Waals surface area contributed by atoms with Crippen molar-refractivity contribution < 1.29 is 8.78 Å². The van der Waals surface area contributed by atoms with Crippen molar-refractivity contribution in [3.8, 4) is 0 Å². The maximum absolute atomic E-state index is 12.1. The number of unbranched alkanes of at least 4 members (excludes halogenated alkanes) is 2. The van der Waals surface area contributed by atoms with Crippen LogP contribution in [0.1, 0.15) is 69.6 Å². The fourth-order valence-corrected chi connectivity index (χ4v) is 2.75. The predicted molar refractivity (Wildman–Crippen MR) is 92.5 cm³/mol. The molecule has 1 rings (SSSR count). The number of rotatable bonds is 10. The van der Waals surface area contributed by atoms with Crippen molar-refractivity contribution in [2.24, 2.45) is 5.92 Å². The van der Waals surface area contributed by atoms with Crippen molar-refractivity contribution in [2.45, 2.75) is 72.1 Å². The number of hydrogen-bond acceptors (Lipinski definition) is 0. The van der Waals surface area contributed by atoms with Crippen LogP contribution in [0.4, 0.5) is 8.78 Å². The Morgan fingerprint density at radius 3 is 2.45 bits per heavy atom. The summed E-state index contributed by atoms with van der Waals surface area (Å²) in [5, 5.41) is 0. The third-order valence-corrected chi connectivity index (χ3v) is 4.25. The van der Waals surface area contributed by atoms with Crippen molar-refractivity contribution in [2.75, 3.05) is 0 Å². The Kier molecular flexibility index (Phi) is 9.03. The monoisotopic (exact) mass is 308 g/mol. The first-order chi connectivity index (χ1) is 10.6. The molecule has 0 N–H and O–H groups in total. The van der Waals surface area contributed by atoms with Gasteiger partial charge >= 0.3 is 0 Å². The van der Waals surface area contributed by atoms with E-state index in [4.69, 9.17) is 0 Å². The van der Waals surface area contributed by atoms with Crippen LogP contribution >= 0.6 is 0 Å². The molecule has 1 atom stereocenters. The SMILES string of the molecule is C/C=C\c1c(CCCCCC(F)F)cccc1CC(C)CC. The summed E-state index contributed by atoms with van der Waals surface area (Å²) >= 11 is 0. The van der Waals surface area contributed by atoms with Crippen LogP contribution in [0.3, 0.4) is 0 Å². The summed E-state index contributed by atoms with van der Waals surface area (Å²) in [6, 6.07) is 6.55. The van der Waals surface area contributed by atoms with Crippen LogP contribution in [0, 0.1) is 5.92 Å². The summed E-state index contributed by atoms with van der Waals surface area (Å²) in [6.07, 6.45) is 7.96. The van der Waals surface area contributed by atoms with E-state index in [2.05, 4.69) is 44.2 Å². The highest BCUT2D eigenvalue weighted by molar-refractivity contribution is 5.58. The molecule has 0 heterocycles. The van der Waals surface area contributed by atoms with E-state index in [9.17, 15) is 8.78 Å². The minimum absolute atomic E-state index is 0.0375. The number of hydrogen-bond donors (Lipinski definition) is 0. The van der Waals surface area contributed by atoms with Gasteiger partial charge < -0.3 is 0 Å². The molecule has 0 aliphatic heterocycles. The molecule has 0 aromatic heterocycles. The zero-order valence-corrected chi connectivity index (χ0v) is 14.2. The minimum atomic E-state index is -2.16. The van der Waals surface area contributed by atoms with E-state index in [1.165, 1.54) is 23.1 Å². The van der Waals surface area contributed by atoms with Crippen LogP contribution in [-0.2, 0) is 12.8 Å². The van der Waals surface area contributed by atoms with Crippen LogP contribution in [0.15, 0.2) is 24.3 Å². The van der Waals surface area contributed by atoms with Gasteiger partial charge in [-0.25, -0.2) is 8.78 Å². The van der Waals surface area contributed by atoms with Crippen LogP contribution in [-0.4, -0.2) is 6.43 Å². The van der Waals surface area contributed by atoms with Crippen molar-refractivity contribution in [3.05, 3.63) is 41.0 Å². The van der Waals surface area contributed by atoms with Gasteiger partial charge in [0.25, 0.3) is 0 Å². The van der Waals surface area contributed by atoms with E-state index in [0.717, 1.165) is 25.7 Å². The van der Waals surface area contributed by atoms with Gasteiger partial charge in [-0.1, -0.05) is 57.0 Å². The number of halogens is 2. The van der Waals surface area contributed by atoms with Crippen LogP contribution in [0.2, 0.25) is 0 Å². The molecule has 0 spiro atoms. The Labute approximate surface area is 134 Å². The van der Waals surface area contributed by atoms with Gasteiger partial charge in [0.1, 0.15) is 0 Å². The Morgan fingerprint density at radius 2 is 1.82 bits per heavy atom. The van der Waals surface area contributed by atoms with Gasteiger partial charge in [0.2, 0.25) is 6.43 Å². The highest BCUT2D eigenvalue weighted by Crippen LogP contribution is 2.23. The normalized spacial score (nSPS) is 13.2. The Hall–Kier alpha value is -1.18. The minimum Gasteiger partial charge on any atom is -0.211 e. The fourth-order valence-electron chi connectivity index (χ4n) is 2.75. The number of aryl methyl sites for hydroxylation is 1. The van der Waals surface area contributed by atoms with Crippen molar-refractivity contribution in [1.82, 2.24) is 0 Å². The van der Waals surface area contributed by atoms with Crippen LogP contribution < -0.4 is 0 Å². The average Bonchev–Trinajstić information content (AvgIpc) is 2.49. The summed E-state index contributed by atoms with van der Waals surface area (Å²) in [7, 11) is 0. The van der Waals surface area contributed by atoms with Gasteiger partial charge in [-0.2, -0.15) is 0 Å². The molecular weight excluding hydrogens is 278 g/mol.